The highest BCUT2D eigenvalue weighted by molar-refractivity contribution is 5.89. The summed E-state index contributed by atoms with van der Waals surface area (Å²) in [6.07, 6.45) is 4.26. The lowest BCUT2D eigenvalue weighted by Crippen LogP contribution is -2.39. The van der Waals surface area contributed by atoms with Gasteiger partial charge in [0.1, 0.15) is 12.2 Å². The molecule has 0 amide bonds. The average molecular weight is 363 g/mol. The van der Waals surface area contributed by atoms with Crippen LogP contribution in [-0.2, 0) is 14.2 Å². The summed E-state index contributed by atoms with van der Waals surface area (Å²) in [5, 5.41) is 0. The Labute approximate surface area is 158 Å². The normalized spacial score (nSPS) is 24.2. The van der Waals surface area contributed by atoms with E-state index in [1.807, 2.05) is 32.0 Å². The molecule has 4 atom stereocenters. The monoisotopic (exact) mass is 362 g/mol. The molecule has 0 saturated carbocycles. The van der Waals surface area contributed by atoms with Gasteiger partial charge in [-0.1, -0.05) is 51.8 Å². The zero-order chi connectivity index (χ0) is 19.2. The summed E-state index contributed by atoms with van der Waals surface area (Å²) in [5.74, 6) is -0.339. The van der Waals surface area contributed by atoms with Gasteiger partial charge in [-0.05, 0) is 51.2 Å². The van der Waals surface area contributed by atoms with Crippen LogP contribution in [0.25, 0.3) is 0 Å². The second-order valence-electron chi connectivity index (χ2n) is 7.83. The SMILES string of the molecule is CCCC1OC(C)(C)OC1C(CCC(C)CC)OC(=O)c1ccccc1. The molecule has 0 radical (unpaired) electrons. The van der Waals surface area contributed by atoms with Crippen molar-refractivity contribution < 1.29 is 19.0 Å². The molecule has 4 unspecified atom stereocenters. The molecule has 1 fully saturated rings. The van der Waals surface area contributed by atoms with Gasteiger partial charge in [0.05, 0.1) is 11.7 Å². The van der Waals surface area contributed by atoms with Gasteiger partial charge in [0.2, 0.25) is 0 Å². The zero-order valence-corrected chi connectivity index (χ0v) is 16.9. The molecule has 0 aliphatic carbocycles. The summed E-state index contributed by atoms with van der Waals surface area (Å²) >= 11 is 0. The van der Waals surface area contributed by atoms with Crippen LogP contribution in [0.15, 0.2) is 30.3 Å². The van der Waals surface area contributed by atoms with Crippen molar-refractivity contribution in [3.8, 4) is 0 Å². The average Bonchev–Trinajstić information content (AvgIpc) is 2.93. The van der Waals surface area contributed by atoms with Gasteiger partial charge < -0.3 is 14.2 Å². The van der Waals surface area contributed by atoms with E-state index in [0.717, 1.165) is 32.1 Å². The van der Waals surface area contributed by atoms with E-state index >= 15 is 0 Å². The molecule has 2 rings (SSSR count). The molecule has 1 aliphatic heterocycles. The molecule has 4 nitrogen and oxygen atoms in total. The predicted octanol–water partition coefficient (Wildman–Crippen LogP) is 5.36. The molecule has 1 aromatic carbocycles. The molecule has 0 N–H and O–H groups in total. The lowest BCUT2D eigenvalue weighted by molar-refractivity contribution is -0.156. The summed E-state index contributed by atoms with van der Waals surface area (Å²) < 4.78 is 18.2. The van der Waals surface area contributed by atoms with Crippen molar-refractivity contribution in [1.29, 1.82) is 0 Å². The van der Waals surface area contributed by atoms with E-state index in [1.165, 1.54) is 0 Å². The van der Waals surface area contributed by atoms with Gasteiger partial charge in [0, 0.05) is 0 Å². The minimum absolute atomic E-state index is 0.0412. The van der Waals surface area contributed by atoms with Crippen molar-refractivity contribution in [3.05, 3.63) is 35.9 Å². The van der Waals surface area contributed by atoms with Crippen molar-refractivity contribution in [2.45, 2.75) is 90.8 Å². The first-order valence-corrected chi connectivity index (χ1v) is 9.98. The number of rotatable bonds is 9. The maximum atomic E-state index is 12.6. The van der Waals surface area contributed by atoms with Crippen LogP contribution >= 0.6 is 0 Å². The highest BCUT2D eigenvalue weighted by Gasteiger charge is 2.45. The lowest BCUT2D eigenvalue weighted by atomic mass is 9.95. The molecule has 1 heterocycles. The molecule has 0 aromatic heterocycles. The Morgan fingerprint density at radius 3 is 2.46 bits per heavy atom. The maximum absolute atomic E-state index is 12.6. The van der Waals surface area contributed by atoms with Gasteiger partial charge in [0.25, 0.3) is 0 Å². The number of carbonyl (C=O) groups is 1. The fraction of sp³-hybridized carbons (Fsp3) is 0.682. The van der Waals surface area contributed by atoms with Crippen molar-refractivity contribution in [2.75, 3.05) is 0 Å². The van der Waals surface area contributed by atoms with E-state index in [4.69, 9.17) is 14.2 Å². The Balaban J connectivity index is 2.15. The molecule has 146 valence electrons. The van der Waals surface area contributed by atoms with E-state index in [0.29, 0.717) is 11.5 Å². The first-order valence-electron chi connectivity index (χ1n) is 9.98. The molecule has 1 aromatic rings. The number of hydrogen-bond acceptors (Lipinski definition) is 4. The predicted molar refractivity (Wildman–Crippen MR) is 103 cm³/mol. The third-order valence-corrected chi connectivity index (χ3v) is 5.07. The minimum atomic E-state index is -0.641. The summed E-state index contributed by atoms with van der Waals surface area (Å²) in [6.45, 7) is 10.4. The molecule has 4 heteroatoms. The quantitative estimate of drug-likeness (QED) is 0.555. The van der Waals surface area contributed by atoms with Crippen LogP contribution in [0.3, 0.4) is 0 Å². The Kier molecular flexibility index (Phi) is 7.66. The topological polar surface area (TPSA) is 44.8 Å². The van der Waals surface area contributed by atoms with Crippen molar-refractivity contribution in [1.82, 2.24) is 0 Å². The first-order chi connectivity index (χ1) is 12.4. The van der Waals surface area contributed by atoms with Crippen LogP contribution in [0.5, 0.6) is 0 Å². The van der Waals surface area contributed by atoms with Crippen molar-refractivity contribution in [2.24, 2.45) is 5.92 Å². The van der Waals surface area contributed by atoms with E-state index in [1.54, 1.807) is 12.1 Å². The molecular weight excluding hydrogens is 328 g/mol. The van der Waals surface area contributed by atoms with E-state index < -0.39 is 5.79 Å². The highest BCUT2D eigenvalue weighted by atomic mass is 16.8. The van der Waals surface area contributed by atoms with E-state index in [-0.39, 0.29) is 24.3 Å². The molecule has 0 spiro atoms. The zero-order valence-electron chi connectivity index (χ0n) is 16.9. The summed E-state index contributed by atoms with van der Waals surface area (Å²) in [4.78, 5) is 12.6. The summed E-state index contributed by atoms with van der Waals surface area (Å²) in [5.41, 5.74) is 0.575. The smallest absolute Gasteiger partial charge is 0.338 e. The third kappa shape index (κ3) is 5.82. The Hall–Kier alpha value is -1.39. The van der Waals surface area contributed by atoms with Crippen LogP contribution in [-0.4, -0.2) is 30.1 Å². The van der Waals surface area contributed by atoms with Crippen molar-refractivity contribution in [3.63, 3.8) is 0 Å². The molecule has 1 saturated heterocycles. The van der Waals surface area contributed by atoms with Crippen LogP contribution in [0.2, 0.25) is 0 Å². The summed E-state index contributed by atoms with van der Waals surface area (Å²) in [6, 6.07) is 9.16. The van der Waals surface area contributed by atoms with E-state index in [2.05, 4.69) is 20.8 Å². The van der Waals surface area contributed by atoms with Crippen LogP contribution in [0.4, 0.5) is 0 Å². The van der Waals surface area contributed by atoms with Crippen LogP contribution in [0, 0.1) is 5.92 Å². The van der Waals surface area contributed by atoms with E-state index in [9.17, 15) is 4.79 Å². The fourth-order valence-corrected chi connectivity index (χ4v) is 3.41. The van der Waals surface area contributed by atoms with Crippen LogP contribution in [0.1, 0.15) is 77.1 Å². The second kappa shape index (κ2) is 9.52. The Bertz CT molecular complexity index is 555. The number of benzene rings is 1. The second-order valence-corrected chi connectivity index (χ2v) is 7.83. The number of ether oxygens (including phenoxy) is 3. The molecule has 26 heavy (non-hydrogen) atoms. The van der Waals surface area contributed by atoms with Gasteiger partial charge >= 0.3 is 5.97 Å². The Morgan fingerprint density at radius 2 is 1.85 bits per heavy atom. The van der Waals surface area contributed by atoms with Crippen LogP contribution < -0.4 is 0 Å². The number of carbonyl (C=O) groups excluding carboxylic acids is 1. The molecular formula is C22H34O4. The van der Waals surface area contributed by atoms with Gasteiger partial charge in [-0.15, -0.1) is 0 Å². The number of esters is 1. The Morgan fingerprint density at radius 1 is 1.15 bits per heavy atom. The van der Waals surface area contributed by atoms with Gasteiger partial charge in [-0.2, -0.15) is 0 Å². The first kappa shape index (κ1) is 20.9. The van der Waals surface area contributed by atoms with Crippen molar-refractivity contribution >= 4 is 5.97 Å². The maximum Gasteiger partial charge on any atom is 0.338 e. The third-order valence-electron chi connectivity index (χ3n) is 5.07. The minimum Gasteiger partial charge on any atom is -0.456 e. The molecule has 0 bridgehead atoms. The fourth-order valence-electron chi connectivity index (χ4n) is 3.41. The molecule has 1 aliphatic rings. The lowest BCUT2D eigenvalue weighted by Gasteiger charge is -2.27. The number of hydrogen-bond donors (Lipinski definition) is 0. The van der Waals surface area contributed by atoms with Gasteiger partial charge in [0.15, 0.2) is 5.79 Å². The van der Waals surface area contributed by atoms with Gasteiger partial charge in [-0.25, -0.2) is 4.79 Å². The summed E-state index contributed by atoms with van der Waals surface area (Å²) in [7, 11) is 0. The largest absolute Gasteiger partial charge is 0.456 e. The van der Waals surface area contributed by atoms with Gasteiger partial charge in [-0.3, -0.25) is 0 Å². The standard InChI is InChI=1S/C22H34O4/c1-6-11-19-20(26-22(4,5)25-19)18(15-14-16(3)7-2)24-21(23)17-12-9-8-10-13-17/h8-10,12-13,16,18-20H,6-7,11,14-15H2,1-5H3. The highest BCUT2D eigenvalue weighted by Crippen LogP contribution is 2.35.